The Kier molecular flexibility index (Phi) is 15.1. The summed E-state index contributed by atoms with van der Waals surface area (Å²) in [5, 5.41) is 0. The minimum absolute atomic E-state index is 0.0105. The second-order valence-electron chi connectivity index (χ2n) is 17.7. The smallest absolute Gasteiger partial charge is 0.261 e. The summed E-state index contributed by atoms with van der Waals surface area (Å²) >= 11 is 0. The number of carbonyl (C=O) groups excluding carboxylic acids is 1. The third-order valence-electron chi connectivity index (χ3n) is 12.8. The number of ether oxygens (including phenoxy) is 2. The fourth-order valence-corrected chi connectivity index (χ4v) is 11.1. The van der Waals surface area contributed by atoms with Crippen LogP contribution in [0.15, 0.2) is 137 Å². The van der Waals surface area contributed by atoms with Gasteiger partial charge in [-0.05, 0) is 145 Å². The summed E-state index contributed by atoms with van der Waals surface area (Å²) in [7, 11) is -6.36. The number of methoxy groups -OCH3 is 1. The first-order valence-electron chi connectivity index (χ1n) is 23.4. The van der Waals surface area contributed by atoms with Crippen molar-refractivity contribution in [2.45, 2.75) is 56.4 Å². The lowest BCUT2D eigenvalue weighted by Gasteiger charge is -2.35. The first-order chi connectivity index (χ1) is 33.2. The molecule has 0 bridgehead atoms. The molecule has 2 aliphatic heterocycles. The van der Waals surface area contributed by atoms with Crippen molar-refractivity contribution < 1.29 is 31.1 Å². The quantitative estimate of drug-likeness (QED) is 0.0957. The monoisotopic (exact) mass is 971 g/mol. The minimum atomic E-state index is -4.03. The van der Waals surface area contributed by atoms with Gasteiger partial charge in [0.25, 0.3) is 26.0 Å². The number of sulfonamides is 2. The molecule has 0 aliphatic carbocycles. The first-order valence-corrected chi connectivity index (χ1v) is 26.4. The van der Waals surface area contributed by atoms with E-state index in [1.165, 1.54) is 12.1 Å². The first kappa shape index (κ1) is 48.8. The number of amides is 1. The van der Waals surface area contributed by atoms with E-state index in [9.17, 15) is 21.6 Å². The molecule has 0 spiro atoms. The number of benzene rings is 5. The van der Waals surface area contributed by atoms with Crippen molar-refractivity contribution in [1.29, 1.82) is 0 Å². The predicted molar refractivity (Wildman–Crippen MR) is 274 cm³/mol. The molecular formula is C53H61N7O7S2. The second kappa shape index (κ2) is 21.3. The molecule has 14 nitrogen and oxygen atoms in total. The number of nitrogens with one attached hydrogen (secondary N) is 2. The van der Waals surface area contributed by atoms with Crippen LogP contribution in [0.25, 0.3) is 11.1 Å². The lowest BCUT2D eigenvalue weighted by atomic mass is 9.95. The maximum atomic E-state index is 14.2. The standard InChI is InChI=1S/C53H61N7O7S2/c1-6-67-46-21-19-45(20-22-46)56-69(64,65)48-34-43(37-57-27-29-59(30-28-57)52-13-7-8-24-54-52)39(4)49(36-48)41-16-23-50(51(35-41)66-5)58-25-10-26-60(32-31-58)53(61)42-11-9-12-47(33-42)68(62,63)55-44-17-14-40(15-18-44)38(2)3/h7-9,11-24,33-36,38,55-56H,6,10,25-32,37H2,1-5H3. The van der Waals surface area contributed by atoms with Crippen LogP contribution in [0.3, 0.4) is 0 Å². The zero-order valence-corrected chi connectivity index (χ0v) is 41.5. The Bertz CT molecular complexity index is 2960. The summed E-state index contributed by atoms with van der Waals surface area (Å²) in [4.78, 5) is 27.2. The number of anilines is 4. The van der Waals surface area contributed by atoms with E-state index < -0.39 is 20.0 Å². The molecule has 0 unspecified atom stereocenters. The molecule has 0 atom stereocenters. The number of rotatable bonds is 16. The van der Waals surface area contributed by atoms with Gasteiger partial charge in [0, 0.05) is 82.0 Å². The van der Waals surface area contributed by atoms with E-state index in [0.29, 0.717) is 80.1 Å². The van der Waals surface area contributed by atoms with E-state index in [0.717, 1.165) is 65.5 Å². The highest BCUT2D eigenvalue weighted by atomic mass is 32.2. The average Bonchev–Trinajstić information content (AvgIpc) is 3.62. The van der Waals surface area contributed by atoms with E-state index in [2.05, 4.69) is 43.0 Å². The van der Waals surface area contributed by atoms with E-state index in [4.69, 9.17) is 9.47 Å². The van der Waals surface area contributed by atoms with Crippen LogP contribution in [0.4, 0.5) is 22.9 Å². The van der Waals surface area contributed by atoms with Crippen molar-refractivity contribution in [3.63, 3.8) is 0 Å². The lowest BCUT2D eigenvalue weighted by Crippen LogP contribution is -2.46. The minimum Gasteiger partial charge on any atom is -0.495 e. The largest absolute Gasteiger partial charge is 0.495 e. The van der Waals surface area contributed by atoms with Gasteiger partial charge >= 0.3 is 0 Å². The Hall–Kier alpha value is -6.62. The van der Waals surface area contributed by atoms with Crippen LogP contribution in [-0.4, -0.2) is 104 Å². The van der Waals surface area contributed by atoms with Crippen molar-refractivity contribution in [1.82, 2.24) is 14.8 Å². The SMILES string of the molecule is CCOc1ccc(NS(=O)(=O)c2cc(CN3CCN(c4ccccn4)CC3)c(C)c(-c3ccc(N4CCCN(C(=O)c5cccc(S(=O)(=O)Nc6ccc(C(C)C)cc6)c5)CC4)c(OC)c3)c2)cc1. The van der Waals surface area contributed by atoms with Crippen molar-refractivity contribution in [3.8, 4) is 22.6 Å². The fourth-order valence-electron chi connectivity index (χ4n) is 8.88. The second-order valence-corrected chi connectivity index (χ2v) is 21.1. The van der Waals surface area contributed by atoms with Crippen molar-refractivity contribution in [3.05, 3.63) is 150 Å². The van der Waals surface area contributed by atoms with Gasteiger partial charge in [0.15, 0.2) is 0 Å². The van der Waals surface area contributed by atoms with Gasteiger partial charge in [-0.1, -0.05) is 44.2 Å². The van der Waals surface area contributed by atoms with Gasteiger partial charge < -0.3 is 24.2 Å². The molecule has 2 fully saturated rings. The summed E-state index contributed by atoms with van der Waals surface area (Å²) in [6.45, 7) is 14.4. The number of pyridine rings is 1. The van der Waals surface area contributed by atoms with Crippen LogP contribution in [-0.2, 0) is 26.6 Å². The van der Waals surface area contributed by atoms with Gasteiger partial charge in [0.05, 0.1) is 29.2 Å². The number of piperazine rings is 1. The van der Waals surface area contributed by atoms with E-state index in [1.807, 2.05) is 62.4 Å². The van der Waals surface area contributed by atoms with Gasteiger partial charge in [-0.25, -0.2) is 21.8 Å². The predicted octanol–water partition coefficient (Wildman–Crippen LogP) is 8.86. The summed E-state index contributed by atoms with van der Waals surface area (Å²) in [5.74, 6) is 2.28. The van der Waals surface area contributed by atoms with Gasteiger partial charge in [-0.2, -0.15) is 0 Å². The maximum absolute atomic E-state index is 14.2. The molecule has 1 aromatic heterocycles. The van der Waals surface area contributed by atoms with E-state index >= 15 is 0 Å². The third kappa shape index (κ3) is 11.6. The molecule has 6 aromatic rings. The number of carbonyl (C=O) groups is 1. The zero-order chi connectivity index (χ0) is 48.7. The molecule has 2 aliphatic rings. The van der Waals surface area contributed by atoms with Crippen molar-refractivity contribution in [2.75, 3.05) is 85.3 Å². The van der Waals surface area contributed by atoms with Crippen molar-refractivity contribution in [2.24, 2.45) is 0 Å². The van der Waals surface area contributed by atoms with Crippen molar-refractivity contribution >= 4 is 48.8 Å². The number of hydrogen-bond donors (Lipinski definition) is 2. The number of nitrogens with zero attached hydrogens (tertiary/aromatic N) is 5. The number of aromatic nitrogens is 1. The molecule has 2 saturated heterocycles. The van der Waals surface area contributed by atoms with Crippen LogP contribution in [0.2, 0.25) is 0 Å². The summed E-state index contributed by atoms with van der Waals surface area (Å²) in [6.07, 6.45) is 2.47. The normalized spacial score (nSPS) is 14.9. The number of hydrogen-bond acceptors (Lipinski definition) is 11. The summed E-state index contributed by atoms with van der Waals surface area (Å²) in [5.41, 5.74) is 6.56. The van der Waals surface area contributed by atoms with Gasteiger partial charge in [-0.3, -0.25) is 19.1 Å². The van der Waals surface area contributed by atoms with E-state index in [-0.39, 0.29) is 15.7 Å². The van der Waals surface area contributed by atoms with Crippen LogP contribution in [0.5, 0.6) is 11.5 Å². The van der Waals surface area contributed by atoms with Crippen LogP contribution >= 0.6 is 0 Å². The van der Waals surface area contributed by atoms with Gasteiger partial charge in [-0.15, -0.1) is 0 Å². The molecule has 0 saturated carbocycles. The summed E-state index contributed by atoms with van der Waals surface area (Å²) in [6, 6.07) is 35.7. The van der Waals surface area contributed by atoms with Crippen LogP contribution < -0.4 is 28.7 Å². The Morgan fingerprint density at radius 3 is 2.07 bits per heavy atom. The highest BCUT2D eigenvalue weighted by molar-refractivity contribution is 7.93. The summed E-state index contributed by atoms with van der Waals surface area (Å²) < 4.78 is 72.4. The molecule has 69 heavy (non-hydrogen) atoms. The Labute approximate surface area is 407 Å². The molecule has 1 amide bonds. The zero-order valence-electron chi connectivity index (χ0n) is 39.9. The third-order valence-corrected chi connectivity index (χ3v) is 15.5. The van der Waals surface area contributed by atoms with Gasteiger partial charge in [0.2, 0.25) is 0 Å². The molecule has 2 N–H and O–H groups in total. The van der Waals surface area contributed by atoms with Gasteiger partial charge in [0.1, 0.15) is 17.3 Å². The van der Waals surface area contributed by atoms with Crippen LogP contribution in [0.1, 0.15) is 60.2 Å². The molecule has 8 rings (SSSR count). The maximum Gasteiger partial charge on any atom is 0.261 e. The Morgan fingerprint density at radius 1 is 0.710 bits per heavy atom. The molecule has 5 aromatic carbocycles. The molecular weight excluding hydrogens is 911 g/mol. The fraction of sp³-hybridized carbons (Fsp3) is 0.321. The molecule has 0 radical (unpaired) electrons. The lowest BCUT2D eigenvalue weighted by molar-refractivity contribution is 0.0766. The average molecular weight is 972 g/mol. The molecule has 362 valence electrons. The molecule has 16 heteroatoms. The van der Waals surface area contributed by atoms with E-state index in [1.54, 1.807) is 78.9 Å². The van der Waals surface area contributed by atoms with Crippen LogP contribution in [0, 0.1) is 6.92 Å². The molecule has 3 heterocycles. The highest BCUT2D eigenvalue weighted by Crippen LogP contribution is 2.38. The highest BCUT2D eigenvalue weighted by Gasteiger charge is 2.27. The topological polar surface area (TPSA) is 154 Å². The Balaban J connectivity index is 1.01. The Morgan fingerprint density at radius 2 is 1.41 bits per heavy atom.